The molecule has 1 rings (SSSR count). The summed E-state index contributed by atoms with van der Waals surface area (Å²) in [6, 6.07) is 5.31. The van der Waals surface area contributed by atoms with Gasteiger partial charge in [-0.2, -0.15) is 5.26 Å². The number of anilines is 1. The minimum atomic E-state index is 0.354. The van der Waals surface area contributed by atoms with Gasteiger partial charge in [-0.05, 0) is 18.6 Å². The van der Waals surface area contributed by atoms with Gasteiger partial charge >= 0.3 is 0 Å². The average molecular weight is 224 g/mol. The fourth-order valence-corrected chi connectivity index (χ4v) is 1.45. The maximum atomic E-state index is 8.73. The van der Waals surface area contributed by atoms with Crippen molar-refractivity contribution in [1.82, 2.24) is 4.98 Å². The summed E-state index contributed by atoms with van der Waals surface area (Å²) in [4.78, 5) is 4.08. The van der Waals surface area contributed by atoms with Crippen molar-refractivity contribution in [2.24, 2.45) is 0 Å². The Labute approximate surface area is 95.1 Å². The van der Waals surface area contributed by atoms with Crippen molar-refractivity contribution >= 4 is 17.4 Å². The van der Waals surface area contributed by atoms with Gasteiger partial charge in [-0.25, -0.2) is 4.98 Å². The first-order valence-corrected chi connectivity index (χ1v) is 5.45. The van der Waals surface area contributed by atoms with Crippen molar-refractivity contribution in [2.45, 2.75) is 26.2 Å². The van der Waals surface area contributed by atoms with Crippen LogP contribution < -0.4 is 5.32 Å². The van der Waals surface area contributed by atoms with E-state index in [1.807, 2.05) is 6.07 Å². The molecule has 0 bridgehead atoms. The van der Waals surface area contributed by atoms with Crippen molar-refractivity contribution < 1.29 is 0 Å². The largest absolute Gasteiger partial charge is 0.370 e. The third-order valence-electron chi connectivity index (χ3n) is 2.01. The predicted molar refractivity (Wildman–Crippen MR) is 62.0 cm³/mol. The Morgan fingerprint density at radius 3 is 2.93 bits per heavy atom. The highest BCUT2D eigenvalue weighted by Crippen LogP contribution is 2.13. The van der Waals surface area contributed by atoms with E-state index >= 15 is 0 Å². The molecule has 4 heteroatoms. The summed E-state index contributed by atoms with van der Waals surface area (Å²) in [6.07, 6.45) is 3.49. The lowest BCUT2D eigenvalue weighted by molar-refractivity contribution is 0.742. The van der Waals surface area contributed by atoms with Crippen LogP contribution in [0.4, 0.5) is 5.82 Å². The van der Waals surface area contributed by atoms with Gasteiger partial charge in [-0.15, -0.1) is 0 Å². The minimum Gasteiger partial charge on any atom is -0.370 e. The monoisotopic (exact) mass is 223 g/mol. The summed E-state index contributed by atoms with van der Waals surface area (Å²) in [7, 11) is 0. The Bertz CT molecular complexity index is 357. The maximum absolute atomic E-state index is 8.73. The lowest BCUT2D eigenvalue weighted by atomic mass is 10.2. The molecule has 0 amide bonds. The highest BCUT2D eigenvalue weighted by atomic mass is 35.5. The van der Waals surface area contributed by atoms with Crippen LogP contribution in [0.5, 0.6) is 0 Å². The zero-order valence-electron chi connectivity index (χ0n) is 8.76. The van der Waals surface area contributed by atoms with Gasteiger partial charge in [0.15, 0.2) is 0 Å². The molecule has 0 saturated heterocycles. The molecule has 0 spiro atoms. The van der Waals surface area contributed by atoms with Gasteiger partial charge in [0, 0.05) is 6.54 Å². The number of aromatic nitrogens is 1. The lowest BCUT2D eigenvalue weighted by Gasteiger charge is -2.05. The van der Waals surface area contributed by atoms with Crippen molar-refractivity contribution in [3.05, 3.63) is 22.8 Å². The Kier molecular flexibility index (Phi) is 4.92. The van der Waals surface area contributed by atoms with E-state index in [-0.39, 0.29) is 0 Å². The minimum absolute atomic E-state index is 0.354. The van der Waals surface area contributed by atoms with E-state index in [0.717, 1.165) is 13.0 Å². The highest BCUT2D eigenvalue weighted by Gasteiger charge is 1.99. The van der Waals surface area contributed by atoms with Gasteiger partial charge in [-0.1, -0.05) is 31.4 Å². The first-order valence-electron chi connectivity index (χ1n) is 5.08. The second-order valence-corrected chi connectivity index (χ2v) is 3.70. The van der Waals surface area contributed by atoms with Crippen LogP contribution in [0.3, 0.4) is 0 Å². The molecule has 0 aromatic carbocycles. The van der Waals surface area contributed by atoms with E-state index in [0.29, 0.717) is 16.5 Å². The quantitative estimate of drug-likeness (QED) is 0.616. The van der Waals surface area contributed by atoms with Gasteiger partial charge in [0.1, 0.15) is 11.0 Å². The van der Waals surface area contributed by atoms with E-state index in [1.165, 1.54) is 12.8 Å². The molecule has 0 fully saturated rings. The molecule has 0 atom stereocenters. The van der Waals surface area contributed by atoms with Gasteiger partial charge in [-0.3, -0.25) is 0 Å². The number of halogens is 1. The molecule has 1 aromatic heterocycles. The number of nitriles is 1. The van der Waals surface area contributed by atoms with Crippen LogP contribution in [0.15, 0.2) is 12.1 Å². The molecule has 0 unspecified atom stereocenters. The summed E-state index contributed by atoms with van der Waals surface area (Å²) in [5.74, 6) is 0.676. The van der Waals surface area contributed by atoms with Crippen molar-refractivity contribution in [3.8, 4) is 6.07 Å². The predicted octanol–water partition coefficient (Wildman–Crippen LogP) is 3.21. The molecule has 15 heavy (non-hydrogen) atoms. The van der Waals surface area contributed by atoms with Gasteiger partial charge in [0.05, 0.1) is 11.6 Å². The number of nitrogens with zero attached hydrogens (tertiary/aromatic N) is 2. The summed E-state index contributed by atoms with van der Waals surface area (Å²) in [6.45, 7) is 3.03. The van der Waals surface area contributed by atoms with E-state index in [1.54, 1.807) is 12.1 Å². The first kappa shape index (κ1) is 11.8. The second kappa shape index (κ2) is 6.26. The molecule has 0 aliphatic heterocycles. The van der Waals surface area contributed by atoms with Crippen LogP contribution in [0.25, 0.3) is 0 Å². The highest BCUT2D eigenvalue weighted by molar-refractivity contribution is 6.29. The van der Waals surface area contributed by atoms with Crippen molar-refractivity contribution in [1.29, 1.82) is 5.26 Å². The molecular weight excluding hydrogens is 210 g/mol. The van der Waals surface area contributed by atoms with Crippen molar-refractivity contribution in [2.75, 3.05) is 11.9 Å². The standard InChI is InChI=1S/C11H14ClN3/c1-2-3-4-5-14-11-7-9(8-13)6-10(12)15-11/h6-7H,2-5H2,1H3,(H,14,15). The number of rotatable bonds is 5. The van der Waals surface area contributed by atoms with E-state index in [4.69, 9.17) is 16.9 Å². The Balaban J connectivity index is 2.54. The van der Waals surface area contributed by atoms with E-state index in [2.05, 4.69) is 17.2 Å². The molecule has 3 nitrogen and oxygen atoms in total. The van der Waals surface area contributed by atoms with Gasteiger partial charge in [0.2, 0.25) is 0 Å². The SMILES string of the molecule is CCCCCNc1cc(C#N)cc(Cl)n1. The third-order valence-corrected chi connectivity index (χ3v) is 2.20. The summed E-state index contributed by atoms with van der Waals surface area (Å²) in [5.41, 5.74) is 0.535. The first-order chi connectivity index (χ1) is 7.26. The number of unbranched alkanes of at least 4 members (excludes halogenated alkanes) is 2. The third kappa shape index (κ3) is 4.18. The fraction of sp³-hybridized carbons (Fsp3) is 0.455. The molecule has 0 saturated carbocycles. The summed E-state index contributed by atoms with van der Waals surface area (Å²) < 4.78 is 0. The van der Waals surface area contributed by atoms with E-state index in [9.17, 15) is 0 Å². The second-order valence-electron chi connectivity index (χ2n) is 3.31. The number of nitrogens with one attached hydrogen (secondary N) is 1. The zero-order chi connectivity index (χ0) is 11.1. The molecule has 0 aliphatic rings. The number of hydrogen-bond acceptors (Lipinski definition) is 3. The number of pyridine rings is 1. The molecular formula is C11H14ClN3. The van der Waals surface area contributed by atoms with E-state index < -0.39 is 0 Å². The fourth-order valence-electron chi connectivity index (χ4n) is 1.24. The van der Waals surface area contributed by atoms with Crippen LogP contribution in [0.2, 0.25) is 5.15 Å². The van der Waals surface area contributed by atoms with Crippen LogP contribution in [0, 0.1) is 11.3 Å². The smallest absolute Gasteiger partial charge is 0.132 e. The van der Waals surface area contributed by atoms with Crippen LogP contribution in [-0.2, 0) is 0 Å². The molecule has 0 aliphatic carbocycles. The van der Waals surface area contributed by atoms with Gasteiger partial charge in [0.25, 0.3) is 0 Å². The molecule has 0 radical (unpaired) electrons. The van der Waals surface area contributed by atoms with Crippen LogP contribution >= 0.6 is 11.6 Å². The molecule has 1 heterocycles. The Morgan fingerprint density at radius 2 is 2.27 bits per heavy atom. The molecule has 1 aromatic rings. The maximum Gasteiger partial charge on any atom is 0.132 e. The summed E-state index contributed by atoms with van der Waals surface area (Å²) in [5, 5.41) is 12.2. The van der Waals surface area contributed by atoms with Gasteiger partial charge < -0.3 is 5.32 Å². The molecule has 1 N–H and O–H groups in total. The average Bonchev–Trinajstić information content (AvgIpc) is 2.23. The number of hydrogen-bond donors (Lipinski definition) is 1. The Morgan fingerprint density at radius 1 is 1.47 bits per heavy atom. The lowest BCUT2D eigenvalue weighted by Crippen LogP contribution is -2.03. The molecule has 80 valence electrons. The normalized spacial score (nSPS) is 9.67. The Hall–Kier alpha value is -1.27. The summed E-state index contributed by atoms with van der Waals surface area (Å²) >= 11 is 5.77. The topological polar surface area (TPSA) is 48.7 Å². The van der Waals surface area contributed by atoms with Crippen molar-refractivity contribution in [3.63, 3.8) is 0 Å². The van der Waals surface area contributed by atoms with Crippen LogP contribution in [-0.4, -0.2) is 11.5 Å². The van der Waals surface area contributed by atoms with Crippen LogP contribution in [0.1, 0.15) is 31.7 Å². The zero-order valence-corrected chi connectivity index (χ0v) is 9.51.